The molecule has 0 aromatic heterocycles. The average molecular weight is 423 g/mol. The Balaban J connectivity index is 1.63. The standard InChI is InChI=1S/C27H21NO4/c1-15(29)27-20-9-5-3-7-18(20)22(19-8-4-6-10-21(19)27)23-24(27)26(31)28(25(23)30)16-11-13-17(32-2)14-12-16/h3-14,22-24H,1-2H3/t22?,23-,24+,27?/m0/s1. The van der Waals surface area contributed by atoms with Gasteiger partial charge < -0.3 is 4.74 Å². The molecule has 4 aliphatic rings. The zero-order chi connectivity index (χ0) is 22.2. The summed E-state index contributed by atoms with van der Waals surface area (Å²) in [5, 5.41) is 0. The first-order valence-electron chi connectivity index (χ1n) is 10.7. The van der Waals surface area contributed by atoms with Gasteiger partial charge in [0, 0.05) is 5.92 Å². The second-order valence-electron chi connectivity index (χ2n) is 8.73. The normalized spacial score (nSPS) is 27.1. The Kier molecular flexibility index (Phi) is 3.79. The number of ether oxygens (including phenoxy) is 1. The molecule has 2 bridgehead atoms. The topological polar surface area (TPSA) is 63.7 Å². The lowest BCUT2D eigenvalue weighted by molar-refractivity contribution is -0.132. The number of hydrogen-bond acceptors (Lipinski definition) is 4. The van der Waals surface area contributed by atoms with E-state index in [1.807, 2.05) is 48.5 Å². The summed E-state index contributed by atoms with van der Waals surface area (Å²) in [6.07, 6.45) is 0. The highest BCUT2D eigenvalue weighted by Crippen LogP contribution is 2.64. The highest BCUT2D eigenvalue weighted by atomic mass is 16.5. The number of ketones is 1. The number of carbonyl (C=O) groups excluding carboxylic acids is 3. The number of methoxy groups -OCH3 is 1. The SMILES string of the molecule is COc1ccc(N2C(=O)[C@H]3C4c5ccccc5C(C(C)=O)(c5ccccc54)[C@H]3C2=O)cc1. The van der Waals surface area contributed by atoms with Crippen molar-refractivity contribution in [3.05, 3.63) is 95.1 Å². The Labute approximate surface area is 185 Å². The molecular formula is C27H21NO4. The number of benzene rings is 3. The molecule has 3 aromatic carbocycles. The maximum absolute atomic E-state index is 13.9. The summed E-state index contributed by atoms with van der Waals surface area (Å²) in [5.74, 6) is -1.65. The maximum atomic E-state index is 13.9. The van der Waals surface area contributed by atoms with Gasteiger partial charge in [0.15, 0.2) is 0 Å². The minimum atomic E-state index is -1.17. The number of amides is 2. The van der Waals surface area contributed by atoms with Gasteiger partial charge >= 0.3 is 0 Å². The molecule has 5 heteroatoms. The van der Waals surface area contributed by atoms with Crippen molar-refractivity contribution in [2.75, 3.05) is 12.0 Å². The van der Waals surface area contributed by atoms with Crippen LogP contribution in [0.1, 0.15) is 35.1 Å². The molecule has 1 fully saturated rings. The summed E-state index contributed by atoms with van der Waals surface area (Å²) in [4.78, 5) is 42.6. The molecule has 2 atom stereocenters. The minimum absolute atomic E-state index is 0.108. The highest BCUT2D eigenvalue weighted by Gasteiger charge is 2.69. The largest absolute Gasteiger partial charge is 0.497 e. The van der Waals surface area contributed by atoms with Crippen LogP contribution in [0.25, 0.3) is 0 Å². The molecule has 3 aliphatic carbocycles. The van der Waals surface area contributed by atoms with Gasteiger partial charge in [0.25, 0.3) is 0 Å². The summed E-state index contributed by atoms with van der Waals surface area (Å²) in [6.45, 7) is 1.55. The summed E-state index contributed by atoms with van der Waals surface area (Å²) in [5.41, 5.74) is 2.99. The van der Waals surface area contributed by atoms with Crippen molar-refractivity contribution >= 4 is 23.3 Å². The predicted molar refractivity (Wildman–Crippen MR) is 119 cm³/mol. The highest BCUT2D eigenvalue weighted by molar-refractivity contribution is 6.25. The Morgan fingerprint density at radius 1 is 0.844 bits per heavy atom. The number of hydrogen-bond donors (Lipinski definition) is 0. The van der Waals surface area contributed by atoms with Crippen molar-refractivity contribution in [2.24, 2.45) is 11.8 Å². The molecule has 32 heavy (non-hydrogen) atoms. The van der Waals surface area contributed by atoms with Crippen LogP contribution < -0.4 is 9.64 Å². The molecule has 1 aliphatic heterocycles. The van der Waals surface area contributed by atoms with Gasteiger partial charge in [0.2, 0.25) is 11.8 Å². The maximum Gasteiger partial charge on any atom is 0.239 e. The lowest BCUT2D eigenvalue weighted by Gasteiger charge is -2.52. The summed E-state index contributed by atoms with van der Waals surface area (Å²) < 4.78 is 5.22. The van der Waals surface area contributed by atoms with Crippen LogP contribution >= 0.6 is 0 Å². The molecule has 3 aromatic rings. The fourth-order valence-electron chi connectivity index (χ4n) is 6.36. The average Bonchev–Trinajstić information content (AvgIpc) is 3.09. The van der Waals surface area contributed by atoms with Crippen LogP contribution in [0.4, 0.5) is 5.69 Å². The van der Waals surface area contributed by atoms with Gasteiger partial charge in [-0.15, -0.1) is 0 Å². The monoisotopic (exact) mass is 423 g/mol. The van der Waals surface area contributed by atoms with Crippen molar-refractivity contribution in [2.45, 2.75) is 18.3 Å². The Bertz CT molecular complexity index is 1260. The molecule has 0 saturated carbocycles. The van der Waals surface area contributed by atoms with Crippen LogP contribution in [0, 0.1) is 11.8 Å². The zero-order valence-electron chi connectivity index (χ0n) is 17.7. The van der Waals surface area contributed by atoms with Crippen molar-refractivity contribution in [3.8, 4) is 5.75 Å². The fourth-order valence-corrected chi connectivity index (χ4v) is 6.36. The van der Waals surface area contributed by atoms with Crippen LogP contribution in [0.2, 0.25) is 0 Å². The molecule has 1 saturated heterocycles. The lowest BCUT2D eigenvalue weighted by atomic mass is 9.46. The third-order valence-electron chi connectivity index (χ3n) is 7.50. The van der Waals surface area contributed by atoms with E-state index in [-0.39, 0.29) is 23.5 Å². The van der Waals surface area contributed by atoms with Crippen molar-refractivity contribution < 1.29 is 19.1 Å². The summed E-state index contributed by atoms with van der Waals surface area (Å²) in [6, 6.07) is 22.5. The van der Waals surface area contributed by atoms with E-state index < -0.39 is 17.3 Å². The van der Waals surface area contributed by atoms with Crippen LogP contribution in [0.15, 0.2) is 72.8 Å². The Morgan fingerprint density at radius 2 is 1.41 bits per heavy atom. The van der Waals surface area contributed by atoms with Crippen LogP contribution in [0.3, 0.4) is 0 Å². The summed E-state index contributed by atoms with van der Waals surface area (Å²) >= 11 is 0. The van der Waals surface area contributed by atoms with Gasteiger partial charge in [-0.05, 0) is 53.4 Å². The van der Waals surface area contributed by atoms with Crippen LogP contribution in [-0.2, 0) is 19.8 Å². The third kappa shape index (κ3) is 2.06. The molecule has 7 rings (SSSR count). The van der Waals surface area contributed by atoms with Crippen molar-refractivity contribution in [1.29, 1.82) is 0 Å². The second kappa shape index (κ2) is 6.39. The molecule has 0 spiro atoms. The Morgan fingerprint density at radius 3 is 1.94 bits per heavy atom. The first-order valence-corrected chi connectivity index (χ1v) is 10.7. The molecule has 5 nitrogen and oxygen atoms in total. The number of Topliss-reactive ketones (excluding diaryl/α,β-unsaturated/α-hetero) is 1. The van der Waals surface area contributed by atoms with Crippen molar-refractivity contribution in [3.63, 3.8) is 0 Å². The first-order chi connectivity index (χ1) is 15.5. The van der Waals surface area contributed by atoms with E-state index in [1.165, 1.54) is 4.90 Å². The van der Waals surface area contributed by atoms with Gasteiger partial charge in [-0.25, -0.2) is 4.90 Å². The third-order valence-corrected chi connectivity index (χ3v) is 7.50. The molecule has 0 N–H and O–H groups in total. The van der Waals surface area contributed by atoms with E-state index in [9.17, 15) is 14.4 Å². The van der Waals surface area contributed by atoms with Crippen molar-refractivity contribution in [1.82, 2.24) is 0 Å². The zero-order valence-corrected chi connectivity index (χ0v) is 17.7. The molecule has 0 radical (unpaired) electrons. The lowest BCUT2D eigenvalue weighted by Crippen LogP contribution is -2.57. The number of rotatable bonds is 3. The van der Waals surface area contributed by atoms with E-state index in [0.717, 1.165) is 22.3 Å². The smallest absolute Gasteiger partial charge is 0.239 e. The Hall–Kier alpha value is -3.73. The van der Waals surface area contributed by atoms with E-state index >= 15 is 0 Å². The number of anilines is 1. The van der Waals surface area contributed by atoms with E-state index in [2.05, 4.69) is 0 Å². The van der Waals surface area contributed by atoms with Gasteiger partial charge in [-0.2, -0.15) is 0 Å². The summed E-state index contributed by atoms with van der Waals surface area (Å²) in [7, 11) is 1.57. The molecule has 2 amide bonds. The van der Waals surface area contributed by atoms with E-state index in [0.29, 0.717) is 11.4 Å². The quantitative estimate of drug-likeness (QED) is 0.601. The number of nitrogens with zero attached hydrogens (tertiary/aromatic N) is 1. The van der Waals surface area contributed by atoms with Gasteiger partial charge in [0.05, 0.1) is 30.0 Å². The molecule has 1 heterocycles. The molecule has 158 valence electrons. The number of carbonyl (C=O) groups is 3. The fraction of sp³-hybridized carbons (Fsp3) is 0.222. The van der Waals surface area contributed by atoms with Crippen LogP contribution in [0.5, 0.6) is 5.75 Å². The minimum Gasteiger partial charge on any atom is -0.497 e. The van der Waals surface area contributed by atoms with Gasteiger partial charge in [0.1, 0.15) is 11.5 Å². The number of imide groups is 1. The molecular weight excluding hydrogens is 402 g/mol. The molecule has 0 unspecified atom stereocenters. The second-order valence-corrected chi connectivity index (χ2v) is 8.73. The van der Waals surface area contributed by atoms with Gasteiger partial charge in [-0.1, -0.05) is 48.5 Å². The van der Waals surface area contributed by atoms with Gasteiger partial charge in [-0.3, -0.25) is 14.4 Å². The first kappa shape index (κ1) is 19.0. The predicted octanol–water partition coefficient (Wildman–Crippen LogP) is 3.84. The van der Waals surface area contributed by atoms with E-state index in [4.69, 9.17) is 4.74 Å². The van der Waals surface area contributed by atoms with E-state index in [1.54, 1.807) is 38.3 Å². The van der Waals surface area contributed by atoms with Crippen LogP contribution in [-0.4, -0.2) is 24.7 Å².